The Labute approximate surface area is 133 Å². The van der Waals surface area contributed by atoms with Crippen molar-refractivity contribution in [3.05, 3.63) is 12.2 Å². The average molecular weight is 306 g/mol. The van der Waals surface area contributed by atoms with Crippen LogP contribution in [-0.2, 0) is 0 Å². The fraction of sp³-hybridized carbons (Fsp3) is 0.882. The van der Waals surface area contributed by atoms with Gasteiger partial charge in [-0.2, -0.15) is 0 Å². The maximum atomic E-state index is 10.8. The maximum absolute atomic E-state index is 10.8. The zero-order valence-electron chi connectivity index (χ0n) is 14.0. The van der Waals surface area contributed by atoms with Crippen molar-refractivity contribution in [1.82, 2.24) is 19.7 Å². The van der Waals surface area contributed by atoms with Crippen LogP contribution in [0.4, 0.5) is 0 Å². The summed E-state index contributed by atoms with van der Waals surface area (Å²) in [6.45, 7) is 7.30. The second-order valence-electron chi connectivity index (χ2n) is 7.55. The molecule has 5 nitrogen and oxygen atoms in total. The molecule has 5 heteroatoms. The number of hydrogen-bond donors (Lipinski definition) is 1. The van der Waals surface area contributed by atoms with E-state index in [0.717, 1.165) is 38.3 Å². The summed E-state index contributed by atoms with van der Waals surface area (Å²) in [4.78, 5) is 2.46. The largest absolute Gasteiger partial charge is 0.389 e. The fourth-order valence-electron chi connectivity index (χ4n) is 4.14. The van der Waals surface area contributed by atoms with Gasteiger partial charge < -0.3 is 9.67 Å². The third-order valence-corrected chi connectivity index (χ3v) is 5.33. The Morgan fingerprint density at radius 1 is 1.27 bits per heavy atom. The van der Waals surface area contributed by atoms with Gasteiger partial charge in [0.15, 0.2) is 0 Å². The van der Waals surface area contributed by atoms with E-state index in [1.807, 2.05) is 6.33 Å². The molecular weight excluding hydrogens is 276 g/mol. The smallest absolute Gasteiger partial charge is 0.137 e. The maximum Gasteiger partial charge on any atom is 0.137 e. The molecule has 1 aromatic rings. The van der Waals surface area contributed by atoms with Crippen molar-refractivity contribution in [3.8, 4) is 0 Å². The number of rotatable bonds is 4. The van der Waals surface area contributed by atoms with E-state index in [4.69, 9.17) is 0 Å². The minimum Gasteiger partial charge on any atom is -0.389 e. The summed E-state index contributed by atoms with van der Waals surface area (Å²) >= 11 is 0. The van der Waals surface area contributed by atoms with Gasteiger partial charge in [-0.25, -0.2) is 0 Å². The van der Waals surface area contributed by atoms with Crippen LogP contribution in [-0.4, -0.2) is 50.0 Å². The van der Waals surface area contributed by atoms with E-state index in [0.29, 0.717) is 12.0 Å². The van der Waals surface area contributed by atoms with Crippen LogP contribution in [0, 0.1) is 0 Å². The standard InChI is InChI=1S/C17H30N4O/c1-14(2)21-13-18-19-16(21)15-7-6-10-20(11-15)12-17(22)8-4-3-5-9-17/h13-15,22H,3-12H2,1-2H3. The predicted molar refractivity (Wildman–Crippen MR) is 86.9 cm³/mol. The summed E-state index contributed by atoms with van der Waals surface area (Å²) in [6, 6.07) is 0.405. The van der Waals surface area contributed by atoms with E-state index in [-0.39, 0.29) is 0 Å². The summed E-state index contributed by atoms with van der Waals surface area (Å²) in [5, 5.41) is 19.3. The molecule has 1 atom stereocenters. The lowest BCUT2D eigenvalue weighted by Crippen LogP contribution is -2.47. The Morgan fingerprint density at radius 3 is 2.77 bits per heavy atom. The van der Waals surface area contributed by atoms with Crippen LogP contribution in [0.25, 0.3) is 0 Å². The number of likely N-dealkylation sites (tertiary alicyclic amines) is 1. The Bertz CT molecular complexity index is 479. The van der Waals surface area contributed by atoms with Crippen molar-refractivity contribution < 1.29 is 5.11 Å². The first-order valence-corrected chi connectivity index (χ1v) is 8.91. The second-order valence-corrected chi connectivity index (χ2v) is 7.55. The molecule has 1 aliphatic carbocycles. The van der Waals surface area contributed by atoms with Crippen LogP contribution in [0.3, 0.4) is 0 Å². The van der Waals surface area contributed by atoms with Crippen LogP contribution in [0.2, 0.25) is 0 Å². The van der Waals surface area contributed by atoms with Gasteiger partial charge in [0.25, 0.3) is 0 Å². The fourth-order valence-corrected chi connectivity index (χ4v) is 4.14. The number of β-amino-alcohol motifs (C(OH)–C–C–N with tert-alkyl or cyclic N) is 1. The van der Waals surface area contributed by atoms with Crippen molar-refractivity contribution in [2.24, 2.45) is 0 Å². The van der Waals surface area contributed by atoms with Crippen molar-refractivity contribution in [2.75, 3.05) is 19.6 Å². The van der Waals surface area contributed by atoms with Gasteiger partial charge in [0, 0.05) is 25.0 Å². The molecule has 0 bridgehead atoms. The first kappa shape index (κ1) is 15.9. The van der Waals surface area contributed by atoms with Crippen LogP contribution >= 0.6 is 0 Å². The molecule has 0 radical (unpaired) electrons. The van der Waals surface area contributed by atoms with E-state index in [9.17, 15) is 5.11 Å². The molecule has 1 aromatic heterocycles. The van der Waals surface area contributed by atoms with Gasteiger partial charge >= 0.3 is 0 Å². The molecule has 0 spiro atoms. The summed E-state index contributed by atoms with van der Waals surface area (Å²) in [5.41, 5.74) is -0.453. The first-order valence-electron chi connectivity index (χ1n) is 8.91. The number of piperidine rings is 1. The van der Waals surface area contributed by atoms with E-state index >= 15 is 0 Å². The Kier molecular flexibility index (Phi) is 4.83. The molecular formula is C17H30N4O. The van der Waals surface area contributed by atoms with Crippen LogP contribution in [0.5, 0.6) is 0 Å². The molecule has 1 saturated heterocycles. The molecule has 0 amide bonds. The normalized spacial score (nSPS) is 26.5. The molecule has 2 aliphatic rings. The zero-order chi connectivity index (χ0) is 15.6. The lowest BCUT2D eigenvalue weighted by molar-refractivity contribution is -0.0317. The van der Waals surface area contributed by atoms with Gasteiger partial charge in [-0.1, -0.05) is 19.3 Å². The Balaban J connectivity index is 1.65. The van der Waals surface area contributed by atoms with Gasteiger partial charge in [0.1, 0.15) is 12.2 Å². The van der Waals surface area contributed by atoms with Gasteiger partial charge in [0.05, 0.1) is 5.60 Å². The minimum atomic E-state index is -0.453. The minimum absolute atomic E-state index is 0.405. The molecule has 2 fully saturated rings. The summed E-state index contributed by atoms with van der Waals surface area (Å²) in [7, 11) is 0. The third kappa shape index (κ3) is 3.51. The van der Waals surface area contributed by atoms with Crippen molar-refractivity contribution in [2.45, 2.75) is 76.4 Å². The van der Waals surface area contributed by atoms with E-state index < -0.39 is 5.60 Å². The Morgan fingerprint density at radius 2 is 2.05 bits per heavy atom. The van der Waals surface area contributed by atoms with Crippen LogP contribution < -0.4 is 0 Å². The molecule has 2 heterocycles. The molecule has 1 saturated carbocycles. The van der Waals surface area contributed by atoms with Crippen molar-refractivity contribution in [3.63, 3.8) is 0 Å². The zero-order valence-corrected chi connectivity index (χ0v) is 14.0. The molecule has 3 rings (SSSR count). The summed E-state index contributed by atoms with van der Waals surface area (Å²) in [5.74, 6) is 1.57. The summed E-state index contributed by atoms with van der Waals surface area (Å²) < 4.78 is 2.20. The average Bonchev–Trinajstić information content (AvgIpc) is 2.97. The van der Waals surface area contributed by atoms with Gasteiger partial charge in [0.2, 0.25) is 0 Å². The highest BCUT2D eigenvalue weighted by Crippen LogP contribution is 2.32. The highest BCUT2D eigenvalue weighted by Gasteiger charge is 2.34. The lowest BCUT2D eigenvalue weighted by atomic mass is 9.83. The molecule has 1 unspecified atom stereocenters. The van der Waals surface area contributed by atoms with Gasteiger partial charge in [-0.15, -0.1) is 10.2 Å². The number of hydrogen-bond acceptors (Lipinski definition) is 4. The van der Waals surface area contributed by atoms with E-state index in [2.05, 4.69) is 33.5 Å². The molecule has 0 aromatic carbocycles. The topological polar surface area (TPSA) is 54.2 Å². The predicted octanol–water partition coefficient (Wildman–Crippen LogP) is 2.73. The van der Waals surface area contributed by atoms with Gasteiger partial charge in [-0.3, -0.25) is 4.90 Å². The quantitative estimate of drug-likeness (QED) is 0.929. The monoisotopic (exact) mass is 306 g/mol. The van der Waals surface area contributed by atoms with Gasteiger partial charge in [-0.05, 0) is 46.1 Å². The van der Waals surface area contributed by atoms with E-state index in [1.165, 1.54) is 32.1 Å². The van der Waals surface area contributed by atoms with Crippen molar-refractivity contribution >= 4 is 0 Å². The Hall–Kier alpha value is -0.940. The first-order chi connectivity index (χ1) is 10.6. The SMILES string of the molecule is CC(C)n1cnnc1C1CCCN(CC2(O)CCCCC2)C1. The highest BCUT2D eigenvalue weighted by atomic mass is 16.3. The second kappa shape index (κ2) is 6.67. The number of aromatic nitrogens is 3. The van der Waals surface area contributed by atoms with Crippen LogP contribution in [0.15, 0.2) is 6.33 Å². The summed E-state index contributed by atoms with van der Waals surface area (Å²) in [6.07, 6.45) is 9.79. The number of nitrogens with zero attached hydrogens (tertiary/aromatic N) is 4. The van der Waals surface area contributed by atoms with Crippen molar-refractivity contribution in [1.29, 1.82) is 0 Å². The third-order valence-electron chi connectivity index (χ3n) is 5.33. The lowest BCUT2D eigenvalue weighted by Gasteiger charge is -2.40. The molecule has 1 aliphatic heterocycles. The molecule has 124 valence electrons. The number of aliphatic hydroxyl groups is 1. The van der Waals surface area contributed by atoms with E-state index in [1.54, 1.807) is 0 Å². The molecule has 22 heavy (non-hydrogen) atoms. The molecule has 1 N–H and O–H groups in total. The van der Waals surface area contributed by atoms with Crippen LogP contribution in [0.1, 0.15) is 76.6 Å². The highest BCUT2D eigenvalue weighted by molar-refractivity contribution is 5.01.